The van der Waals surface area contributed by atoms with E-state index in [4.69, 9.17) is 9.47 Å². The molecule has 4 nitrogen and oxygen atoms in total. The van der Waals surface area contributed by atoms with E-state index in [0.29, 0.717) is 29.3 Å². The van der Waals surface area contributed by atoms with Gasteiger partial charge in [0.15, 0.2) is 11.5 Å². The molecule has 0 saturated carbocycles. The highest BCUT2D eigenvalue weighted by atomic mass is 16.5. The Hall–Kier alpha value is -3.01. The first-order valence-electron chi connectivity index (χ1n) is 7.68. The molecule has 0 aliphatic carbocycles. The summed E-state index contributed by atoms with van der Waals surface area (Å²) in [7, 11) is 3.22. The molecule has 0 atom stereocenters. The normalized spacial score (nSPS) is 10.4. The number of aromatic nitrogens is 1. The first-order chi connectivity index (χ1) is 11.7. The Balaban J connectivity index is 1.88. The van der Waals surface area contributed by atoms with Crippen molar-refractivity contribution < 1.29 is 14.3 Å². The highest BCUT2D eigenvalue weighted by molar-refractivity contribution is 6.07. The van der Waals surface area contributed by atoms with Gasteiger partial charge in [0.25, 0.3) is 0 Å². The third kappa shape index (κ3) is 3.18. The van der Waals surface area contributed by atoms with Gasteiger partial charge in [0.05, 0.1) is 19.9 Å². The summed E-state index contributed by atoms with van der Waals surface area (Å²) in [6, 6.07) is 18.8. The minimum Gasteiger partial charge on any atom is -0.493 e. The average Bonchev–Trinajstić information content (AvgIpc) is 3.09. The molecule has 24 heavy (non-hydrogen) atoms. The van der Waals surface area contributed by atoms with Gasteiger partial charge in [-0.2, -0.15) is 0 Å². The molecule has 1 aromatic heterocycles. The third-order valence-corrected chi connectivity index (χ3v) is 3.90. The van der Waals surface area contributed by atoms with Crippen LogP contribution in [0.4, 0.5) is 0 Å². The number of hydrogen-bond donors (Lipinski definition) is 0. The number of benzene rings is 2. The molecule has 0 unspecified atom stereocenters. The molecular formula is C20H19NO3. The number of nitrogens with zero attached hydrogens (tertiary/aromatic N) is 1. The van der Waals surface area contributed by atoms with Crippen LogP contribution >= 0.6 is 0 Å². The molecular weight excluding hydrogens is 302 g/mol. The predicted octanol–water partition coefficient (Wildman–Crippen LogP) is 3.78. The van der Waals surface area contributed by atoms with E-state index < -0.39 is 0 Å². The molecule has 3 rings (SSSR count). The second kappa shape index (κ2) is 7.04. The van der Waals surface area contributed by atoms with E-state index >= 15 is 0 Å². The second-order valence-corrected chi connectivity index (χ2v) is 5.41. The van der Waals surface area contributed by atoms with E-state index in [1.807, 2.05) is 71.4 Å². The van der Waals surface area contributed by atoms with Gasteiger partial charge >= 0.3 is 0 Å². The van der Waals surface area contributed by atoms with Gasteiger partial charge in [-0.05, 0) is 29.8 Å². The Morgan fingerprint density at radius 2 is 1.67 bits per heavy atom. The van der Waals surface area contributed by atoms with Gasteiger partial charge < -0.3 is 14.0 Å². The van der Waals surface area contributed by atoms with E-state index in [0.717, 1.165) is 5.56 Å². The molecule has 0 aliphatic rings. The number of carbonyl (C=O) groups excluding carboxylic acids is 1. The Morgan fingerprint density at radius 1 is 0.917 bits per heavy atom. The number of methoxy groups -OCH3 is 2. The molecule has 0 aliphatic heterocycles. The van der Waals surface area contributed by atoms with Gasteiger partial charge in [-0.1, -0.05) is 36.4 Å². The number of rotatable bonds is 6. The minimum atomic E-state index is 0.0149. The first kappa shape index (κ1) is 15.9. The smallest absolute Gasteiger partial charge is 0.209 e. The van der Waals surface area contributed by atoms with Crippen LogP contribution in [0.15, 0.2) is 66.9 Å². The number of ketones is 1. The van der Waals surface area contributed by atoms with Crippen LogP contribution in [0.2, 0.25) is 0 Å². The molecule has 0 saturated heterocycles. The van der Waals surface area contributed by atoms with Crippen LogP contribution < -0.4 is 9.47 Å². The SMILES string of the molecule is COc1ccc(Cn2cccc2C(=O)c2ccccc2)cc1OC. The minimum absolute atomic E-state index is 0.0149. The molecule has 3 aromatic rings. The van der Waals surface area contributed by atoms with Crippen LogP contribution in [-0.2, 0) is 6.54 Å². The van der Waals surface area contributed by atoms with Crippen molar-refractivity contribution in [2.75, 3.05) is 14.2 Å². The average molecular weight is 321 g/mol. The number of hydrogen-bond acceptors (Lipinski definition) is 3. The lowest BCUT2D eigenvalue weighted by atomic mass is 10.1. The van der Waals surface area contributed by atoms with Gasteiger partial charge in [-0.3, -0.25) is 4.79 Å². The zero-order chi connectivity index (χ0) is 16.9. The van der Waals surface area contributed by atoms with Gasteiger partial charge in [0.2, 0.25) is 5.78 Å². The lowest BCUT2D eigenvalue weighted by Crippen LogP contribution is -2.10. The number of carbonyl (C=O) groups is 1. The summed E-state index contributed by atoms with van der Waals surface area (Å²) in [6.45, 7) is 0.585. The van der Waals surface area contributed by atoms with E-state index in [2.05, 4.69) is 0 Å². The first-order valence-corrected chi connectivity index (χ1v) is 7.68. The fraction of sp³-hybridized carbons (Fsp3) is 0.150. The van der Waals surface area contributed by atoms with Crippen molar-refractivity contribution in [3.05, 3.63) is 83.7 Å². The Labute approximate surface area is 141 Å². The highest BCUT2D eigenvalue weighted by Gasteiger charge is 2.13. The molecule has 4 heteroatoms. The van der Waals surface area contributed by atoms with E-state index in [-0.39, 0.29) is 5.78 Å². The fourth-order valence-corrected chi connectivity index (χ4v) is 2.67. The predicted molar refractivity (Wildman–Crippen MR) is 93.0 cm³/mol. The zero-order valence-electron chi connectivity index (χ0n) is 13.7. The summed E-state index contributed by atoms with van der Waals surface area (Å²) in [4.78, 5) is 12.7. The molecule has 2 aromatic carbocycles. The van der Waals surface area contributed by atoms with E-state index in [1.54, 1.807) is 14.2 Å². The van der Waals surface area contributed by atoms with Crippen molar-refractivity contribution in [2.45, 2.75) is 6.54 Å². The second-order valence-electron chi connectivity index (χ2n) is 5.41. The van der Waals surface area contributed by atoms with Crippen molar-refractivity contribution in [3.63, 3.8) is 0 Å². The Morgan fingerprint density at radius 3 is 2.38 bits per heavy atom. The quantitative estimate of drug-likeness (QED) is 0.649. The zero-order valence-corrected chi connectivity index (χ0v) is 13.7. The molecule has 1 heterocycles. The van der Waals surface area contributed by atoms with Gasteiger partial charge in [-0.15, -0.1) is 0 Å². The largest absolute Gasteiger partial charge is 0.493 e. The summed E-state index contributed by atoms with van der Waals surface area (Å²) in [6.07, 6.45) is 1.91. The molecule has 0 N–H and O–H groups in total. The maximum atomic E-state index is 12.7. The standard InChI is InChI=1S/C20H19NO3/c1-23-18-11-10-15(13-19(18)24-2)14-21-12-6-9-17(21)20(22)16-7-4-3-5-8-16/h3-13H,14H2,1-2H3. The van der Waals surface area contributed by atoms with Crippen LogP contribution in [0.1, 0.15) is 21.6 Å². The van der Waals surface area contributed by atoms with Crippen LogP contribution in [-0.4, -0.2) is 24.6 Å². The van der Waals surface area contributed by atoms with Gasteiger partial charge in [0.1, 0.15) is 0 Å². The van der Waals surface area contributed by atoms with Gasteiger partial charge in [0, 0.05) is 18.3 Å². The van der Waals surface area contributed by atoms with Crippen LogP contribution in [0, 0.1) is 0 Å². The van der Waals surface area contributed by atoms with Crippen molar-refractivity contribution >= 4 is 5.78 Å². The molecule has 0 amide bonds. The Kier molecular flexibility index (Phi) is 4.66. The Bertz CT molecular complexity index is 837. The third-order valence-electron chi connectivity index (χ3n) is 3.90. The molecule has 122 valence electrons. The number of ether oxygens (including phenoxy) is 2. The summed E-state index contributed by atoms with van der Waals surface area (Å²) >= 11 is 0. The monoisotopic (exact) mass is 321 g/mol. The summed E-state index contributed by atoms with van der Waals surface area (Å²) in [5.41, 5.74) is 2.38. The molecule has 0 fully saturated rings. The van der Waals surface area contributed by atoms with Crippen molar-refractivity contribution in [1.82, 2.24) is 4.57 Å². The highest BCUT2D eigenvalue weighted by Crippen LogP contribution is 2.28. The van der Waals surface area contributed by atoms with Crippen molar-refractivity contribution in [3.8, 4) is 11.5 Å². The lowest BCUT2D eigenvalue weighted by molar-refractivity contribution is 0.103. The molecule has 0 spiro atoms. The molecule has 0 bridgehead atoms. The maximum absolute atomic E-state index is 12.7. The summed E-state index contributed by atoms with van der Waals surface area (Å²) < 4.78 is 12.5. The fourth-order valence-electron chi connectivity index (χ4n) is 2.67. The van der Waals surface area contributed by atoms with Crippen LogP contribution in [0.25, 0.3) is 0 Å². The van der Waals surface area contributed by atoms with Crippen LogP contribution in [0.3, 0.4) is 0 Å². The lowest BCUT2D eigenvalue weighted by Gasteiger charge is -2.12. The van der Waals surface area contributed by atoms with E-state index in [1.165, 1.54) is 0 Å². The summed E-state index contributed by atoms with van der Waals surface area (Å²) in [5.74, 6) is 1.38. The van der Waals surface area contributed by atoms with Crippen molar-refractivity contribution in [2.24, 2.45) is 0 Å². The topological polar surface area (TPSA) is 40.5 Å². The maximum Gasteiger partial charge on any atom is 0.209 e. The molecule has 0 radical (unpaired) electrons. The van der Waals surface area contributed by atoms with E-state index in [9.17, 15) is 4.79 Å². The van der Waals surface area contributed by atoms with Gasteiger partial charge in [-0.25, -0.2) is 0 Å². The van der Waals surface area contributed by atoms with Crippen molar-refractivity contribution in [1.29, 1.82) is 0 Å². The van der Waals surface area contributed by atoms with Crippen LogP contribution in [0.5, 0.6) is 11.5 Å². The summed E-state index contributed by atoms with van der Waals surface area (Å²) in [5, 5.41) is 0.